The summed E-state index contributed by atoms with van der Waals surface area (Å²) in [5, 5.41) is 3.32. The van der Waals surface area contributed by atoms with Crippen LogP contribution in [-0.2, 0) is 4.74 Å². The van der Waals surface area contributed by atoms with Crippen LogP contribution < -0.4 is 5.32 Å². The summed E-state index contributed by atoms with van der Waals surface area (Å²) in [6.45, 7) is 4.54. The van der Waals surface area contributed by atoms with Crippen LogP contribution in [0.4, 0.5) is 0 Å². The van der Waals surface area contributed by atoms with Gasteiger partial charge in [-0.1, -0.05) is 0 Å². The molecule has 1 unspecified atom stereocenters. The predicted octanol–water partition coefficient (Wildman–Crippen LogP) is 0.317. The summed E-state index contributed by atoms with van der Waals surface area (Å²) < 4.78 is 5.67. The first-order valence-electron chi connectivity index (χ1n) is 5.21. The summed E-state index contributed by atoms with van der Waals surface area (Å²) in [6.07, 6.45) is 2.66. The fourth-order valence-corrected chi connectivity index (χ4v) is 2.57. The van der Waals surface area contributed by atoms with Crippen molar-refractivity contribution in [3.05, 3.63) is 0 Å². The molecule has 2 aliphatic heterocycles. The highest BCUT2D eigenvalue weighted by atomic mass is 16.5. The normalized spacial score (nSPS) is 34.2. The molecule has 1 atom stereocenters. The minimum absolute atomic E-state index is 0.161. The number of hydrogen-bond acceptors (Lipinski definition) is 3. The maximum Gasteiger partial charge on any atom is 0.0966 e. The number of hydrogen-bond donors (Lipinski definition) is 1. The minimum atomic E-state index is 0.161. The van der Waals surface area contributed by atoms with Crippen molar-refractivity contribution in [1.29, 1.82) is 0 Å². The fraction of sp³-hybridized carbons (Fsp3) is 1.00. The molecule has 2 rings (SSSR count). The third-order valence-corrected chi connectivity index (χ3v) is 3.62. The molecule has 2 heterocycles. The van der Waals surface area contributed by atoms with Gasteiger partial charge in [-0.15, -0.1) is 0 Å². The largest absolute Gasteiger partial charge is 0.375 e. The molecule has 0 aromatic carbocycles. The molecule has 2 saturated heterocycles. The van der Waals surface area contributed by atoms with Crippen LogP contribution in [0.15, 0.2) is 0 Å². The van der Waals surface area contributed by atoms with Crippen molar-refractivity contribution in [2.24, 2.45) is 5.92 Å². The van der Waals surface area contributed by atoms with Gasteiger partial charge in [0.05, 0.1) is 5.60 Å². The van der Waals surface area contributed by atoms with Crippen molar-refractivity contribution in [2.75, 3.05) is 40.3 Å². The van der Waals surface area contributed by atoms with E-state index in [1.165, 1.54) is 25.9 Å². The van der Waals surface area contributed by atoms with Gasteiger partial charge in [0.25, 0.3) is 0 Å². The lowest BCUT2D eigenvalue weighted by atomic mass is 9.77. The summed E-state index contributed by atoms with van der Waals surface area (Å²) in [5.41, 5.74) is 0.161. The van der Waals surface area contributed by atoms with Gasteiger partial charge in [0.1, 0.15) is 0 Å². The Morgan fingerprint density at radius 1 is 1.46 bits per heavy atom. The molecule has 0 aliphatic carbocycles. The van der Waals surface area contributed by atoms with Gasteiger partial charge >= 0.3 is 0 Å². The Balaban J connectivity index is 1.97. The number of rotatable bonds is 2. The average molecular weight is 184 g/mol. The first-order chi connectivity index (χ1) is 6.27. The number of nitrogens with zero attached hydrogens (tertiary/aromatic N) is 1. The molecule has 0 saturated carbocycles. The standard InChI is InChI=1S/C10H20N2O/c1-12-5-3-4-9(6-12)10(13-2)7-11-8-10/h9,11H,3-8H2,1-2H3. The Morgan fingerprint density at radius 3 is 2.69 bits per heavy atom. The van der Waals surface area contributed by atoms with Crippen LogP contribution in [-0.4, -0.2) is 50.8 Å². The molecule has 0 spiro atoms. The molecule has 0 radical (unpaired) electrons. The Labute approximate surface area is 80.4 Å². The molecule has 2 fully saturated rings. The number of ether oxygens (including phenoxy) is 1. The lowest BCUT2D eigenvalue weighted by Crippen LogP contribution is -2.66. The molecule has 1 N–H and O–H groups in total. The molecular weight excluding hydrogens is 164 g/mol. The monoisotopic (exact) mass is 184 g/mol. The molecule has 2 aliphatic rings. The first kappa shape index (κ1) is 9.44. The Morgan fingerprint density at radius 2 is 2.23 bits per heavy atom. The van der Waals surface area contributed by atoms with E-state index in [0.29, 0.717) is 0 Å². The number of piperidine rings is 1. The number of methoxy groups -OCH3 is 1. The molecule has 76 valence electrons. The molecule has 0 aromatic rings. The van der Waals surface area contributed by atoms with Gasteiger partial charge in [0.2, 0.25) is 0 Å². The molecule has 3 nitrogen and oxygen atoms in total. The zero-order chi connectivity index (χ0) is 9.31. The summed E-state index contributed by atoms with van der Waals surface area (Å²) in [7, 11) is 4.07. The van der Waals surface area contributed by atoms with Crippen LogP contribution in [0.1, 0.15) is 12.8 Å². The summed E-state index contributed by atoms with van der Waals surface area (Å²) in [6, 6.07) is 0. The van der Waals surface area contributed by atoms with Crippen LogP contribution in [0.3, 0.4) is 0 Å². The second kappa shape index (κ2) is 3.56. The molecule has 0 aromatic heterocycles. The smallest absolute Gasteiger partial charge is 0.0966 e. The summed E-state index contributed by atoms with van der Waals surface area (Å²) in [4.78, 5) is 2.42. The number of nitrogens with one attached hydrogen (secondary N) is 1. The third kappa shape index (κ3) is 1.60. The van der Waals surface area contributed by atoms with Gasteiger partial charge in [-0.25, -0.2) is 0 Å². The summed E-state index contributed by atoms with van der Waals surface area (Å²) in [5.74, 6) is 0.734. The number of likely N-dealkylation sites (tertiary alicyclic amines) is 1. The Hall–Kier alpha value is -0.120. The van der Waals surface area contributed by atoms with Crippen molar-refractivity contribution >= 4 is 0 Å². The fourth-order valence-electron chi connectivity index (χ4n) is 2.57. The third-order valence-electron chi connectivity index (χ3n) is 3.62. The zero-order valence-electron chi connectivity index (χ0n) is 8.68. The van der Waals surface area contributed by atoms with Crippen molar-refractivity contribution in [1.82, 2.24) is 10.2 Å². The van der Waals surface area contributed by atoms with Gasteiger partial charge in [0, 0.05) is 32.7 Å². The van der Waals surface area contributed by atoms with Crippen LogP contribution >= 0.6 is 0 Å². The van der Waals surface area contributed by atoms with E-state index in [2.05, 4.69) is 17.3 Å². The second-order valence-electron chi connectivity index (χ2n) is 4.47. The Bertz CT molecular complexity index is 174. The van der Waals surface area contributed by atoms with Gasteiger partial charge in [0.15, 0.2) is 0 Å². The highest BCUT2D eigenvalue weighted by Gasteiger charge is 2.45. The zero-order valence-corrected chi connectivity index (χ0v) is 8.68. The van der Waals surface area contributed by atoms with Crippen molar-refractivity contribution in [2.45, 2.75) is 18.4 Å². The lowest BCUT2D eigenvalue weighted by molar-refractivity contribution is -0.110. The van der Waals surface area contributed by atoms with Gasteiger partial charge in [-0.05, 0) is 26.4 Å². The van der Waals surface area contributed by atoms with Crippen LogP contribution in [0, 0.1) is 5.92 Å². The van der Waals surface area contributed by atoms with E-state index >= 15 is 0 Å². The minimum Gasteiger partial charge on any atom is -0.375 e. The van der Waals surface area contributed by atoms with Gasteiger partial charge in [-0.3, -0.25) is 0 Å². The average Bonchev–Trinajstić information content (AvgIpc) is 2.03. The highest BCUT2D eigenvalue weighted by molar-refractivity contribution is 5.01. The van der Waals surface area contributed by atoms with E-state index in [1.54, 1.807) is 0 Å². The van der Waals surface area contributed by atoms with Crippen LogP contribution in [0.25, 0.3) is 0 Å². The van der Waals surface area contributed by atoms with Gasteiger partial charge in [-0.2, -0.15) is 0 Å². The molecule has 13 heavy (non-hydrogen) atoms. The summed E-state index contributed by atoms with van der Waals surface area (Å²) >= 11 is 0. The van der Waals surface area contributed by atoms with Crippen molar-refractivity contribution in [3.63, 3.8) is 0 Å². The molecular formula is C10H20N2O. The van der Waals surface area contributed by atoms with Crippen LogP contribution in [0.2, 0.25) is 0 Å². The first-order valence-corrected chi connectivity index (χ1v) is 5.21. The van der Waals surface area contributed by atoms with Crippen molar-refractivity contribution in [3.8, 4) is 0 Å². The van der Waals surface area contributed by atoms with Gasteiger partial charge < -0.3 is 15.0 Å². The molecule has 0 amide bonds. The molecule has 3 heteroatoms. The maximum atomic E-state index is 5.67. The topological polar surface area (TPSA) is 24.5 Å². The van der Waals surface area contributed by atoms with E-state index in [9.17, 15) is 0 Å². The lowest BCUT2D eigenvalue weighted by Gasteiger charge is -2.49. The molecule has 0 bridgehead atoms. The predicted molar refractivity (Wildman–Crippen MR) is 52.8 cm³/mol. The quantitative estimate of drug-likeness (QED) is 0.669. The Kier molecular flexibility index (Phi) is 2.58. The second-order valence-corrected chi connectivity index (χ2v) is 4.47. The van der Waals surface area contributed by atoms with E-state index in [0.717, 1.165) is 19.0 Å². The SMILES string of the molecule is COC1(C2CCCN(C)C2)CNC1. The van der Waals surface area contributed by atoms with E-state index < -0.39 is 0 Å². The van der Waals surface area contributed by atoms with Crippen molar-refractivity contribution < 1.29 is 4.74 Å². The highest BCUT2D eigenvalue weighted by Crippen LogP contribution is 2.32. The van der Waals surface area contributed by atoms with Crippen LogP contribution in [0.5, 0.6) is 0 Å². The van der Waals surface area contributed by atoms with E-state index in [-0.39, 0.29) is 5.60 Å². The van der Waals surface area contributed by atoms with E-state index in [1.807, 2.05) is 7.11 Å². The maximum absolute atomic E-state index is 5.67. The van der Waals surface area contributed by atoms with E-state index in [4.69, 9.17) is 4.74 Å².